The molecule has 2 rings (SSSR count). The summed E-state index contributed by atoms with van der Waals surface area (Å²) in [5.41, 5.74) is 1.38. The molecule has 1 aliphatic carbocycles. The van der Waals surface area contributed by atoms with Crippen molar-refractivity contribution in [1.29, 1.82) is 0 Å². The van der Waals surface area contributed by atoms with Crippen molar-refractivity contribution in [3.8, 4) is 0 Å². The van der Waals surface area contributed by atoms with Crippen LogP contribution >= 0.6 is 0 Å². The van der Waals surface area contributed by atoms with Gasteiger partial charge in [-0.2, -0.15) is 0 Å². The number of nitrogens with one attached hydrogen (secondary N) is 1. The second kappa shape index (κ2) is 4.86. The standard InChI is InChI=1S/C14H20FN/c1-2-12-5-7-13(8-6-12)16-11-14(15)9-3-4-10-14/h5-8,16H,2-4,9-11H2,1H3. The van der Waals surface area contributed by atoms with E-state index in [1.54, 1.807) is 0 Å². The predicted molar refractivity (Wildman–Crippen MR) is 66.6 cm³/mol. The lowest BCUT2D eigenvalue weighted by molar-refractivity contribution is 0.190. The molecule has 0 unspecified atom stereocenters. The molecule has 1 fully saturated rings. The maximum atomic E-state index is 14.1. The molecule has 0 radical (unpaired) electrons. The SMILES string of the molecule is CCc1ccc(NCC2(F)CCCC2)cc1. The van der Waals surface area contributed by atoms with Crippen molar-refractivity contribution in [1.82, 2.24) is 0 Å². The van der Waals surface area contributed by atoms with Gasteiger partial charge >= 0.3 is 0 Å². The number of rotatable bonds is 4. The first kappa shape index (κ1) is 11.4. The van der Waals surface area contributed by atoms with Crippen molar-refractivity contribution in [2.45, 2.75) is 44.7 Å². The molecule has 0 saturated heterocycles. The number of hydrogen-bond acceptors (Lipinski definition) is 1. The third-order valence-electron chi connectivity index (χ3n) is 3.47. The van der Waals surface area contributed by atoms with Crippen LogP contribution in [0.2, 0.25) is 0 Å². The van der Waals surface area contributed by atoms with Crippen LogP contribution in [0.5, 0.6) is 0 Å². The molecule has 1 aromatic rings. The summed E-state index contributed by atoms with van der Waals surface area (Å²) < 4.78 is 14.1. The fourth-order valence-corrected chi connectivity index (χ4v) is 2.30. The highest BCUT2D eigenvalue weighted by atomic mass is 19.1. The quantitative estimate of drug-likeness (QED) is 0.812. The van der Waals surface area contributed by atoms with Gasteiger partial charge in [-0.1, -0.05) is 31.9 Å². The summed E-state index contributed by atoms with van der Waals surface area (Å²) in [6, 6.07) is 8.28. The normalized spacial score (nSPS) is 18.6. The Bertz CT molecular complexity index is 325. The maximum absolute atomic E-state index is 14.1. The highest BCUT2D eigenvalue weighted by molar-refractivity contribution is 5.45. The van der Waals surface area contributed by atoms with Crippen LogP contribution in [-0.2, 0) is 6.42 Å². The molecule has 0 spiro atoms. The molecule has 1 saturated carbocycles. The number of alkyl halides is 1. The van der Waals surface area contributed by atoms with Gasteiger partial charge in [-0.3, -0.25) is 0 Å². The van der Waals surface area contributed by atoms with Crippen molar-refractivity contribution in [2.24, 2.45) is 0 Å². The number of halogens is 1. The van der Waals surface area contributed by atoms with E-state index in [4.69, 9.17) is 0 Å². The Morgan fingerprint density at radius 2 is 1.81 bits per heavy atom. The topological polar surface area (TPSA) is 12.0 Å². The molecule has 0 atom stereocenters. The summed E-state index contributed by atoms with van der Waals surface area (Å²) in [6.45, 7) is 2.59. The van der Waals surface area contributed by atoms with Crippen molar-refractivity contribution in [3.63, 3.8) is 0 Å². The van der Waals surface area contributed by atoms with E-state index in [1.807, 2.05) is 12.1 Å². The van der Waals surface area contributed by atoms with Gasteiger partial charge in [0, 0.05) is 12.2 Å². The number of benzene rings is 1. The van der Waals surface area contributed by atoms with E-state index in [0.29, 0.717) is 19.4 Å². The molecule has 1 aromatic carbocycles. The Kier molecular flexibility index (Phi) is 3.47. The molecule has 1 N–H and O–H groups in total. The third-order valence-corrected chi connectivity index (χ3v) is 3.47. The third kappa shape index (κ3) is 2.75. The summed E-state index contributed by atoms with van der Waals surface area (Å²) in [5, 5.41) is 3.20. The second-order valence-corrected chi connectivity index (χ2v) is 4.76. The Labute approximate surface area is 97.1 Å². The Hall–Kier alpha value is -1.05. The van der Waals surface area contributed by atoms with E-state index in [9.17, 15) is 4.39 Å². The lowest BCUT2D eigenvalue weighted by Gasteiger charge is -2.20. The zero-order chi connectivity index (χ0) is 11.4. The lowest BCUT2D eigenvalue weighted by atomic mass is 10.0. The van der Waals surface area contributed by atoms with Crippen LogP contribution in [0.1, 0.15) is 38.2 Å². The van der Waals surface area contributed by atoms with Crippen LogP contribution < -0.4 is 5.32 Å². The van der Waals surface area contributed by atoms with Gasteiger partial charge in [0.15, 0.2) is 0 Å². The highest BCUT2D eigenvalue weighted by Crippen LogP contribution is 2.33. The molecule has 0 aromatic heterocycles. The van der Waals surface area contributed by atoms with Gasteiger partial charge in [-0.15, -0.1) is 0 Å². The summed E-state index contributed by atoms with van der Waals surface area (Å²) in [5.74, 6) is 0. The van der Waals surface area contributed by atoms with E-state index >= 15 is 0 Å². The van der Waals surface area contributed by atoms with Gasteiger partial charge in [-0.25, -0.2) is 4.39 Å². The number of anilines is 1. The van der Waals surface area contributed by atoms with E-state index in [0.717, 1.165) is 24.9 Å². The fourth-order valence-electron chi connectivity index (χ4n) is 2.30. The van der Waals surface area contributed by atoms with Crippen molar-refractivity contribution in [3.05, 3.63) is 29.8 Å². The number of aryl methyl sites for hydroxylation is 1. The highest BCUT2D eigenvalue weighted by Gasteiger charge is 2.33. The van der Waals surface area contributed by atoms with Gasteiger partial charge in [0.25, 0.3) is 0 Å². The minimum Gasteiger partial charge on any atom is -0.382 e. The maximum Gasteiger partial charge on any atom is 0.128 e. The van der Waals surface area contributed by atoms with Gasteiger partial charge in [0.2, 0.25) is 0 Å². The van der Waals surface area contributed by atoms with Gasteiger partial charge in [0.1, 0.15) is 5.67 Å². The smallest absolute Gasteiger partial charge is 0.128 e. The second-order valence-electron chi connectivity index (χ2n) is 4.76. The zero-order valence-electron chi connectivity index (χ0n) is 9.93. The Morgan fingerprint density at radius 1 is 1.19 bits per heavy atom. The first-order valence-electron chi connectivity index (χ1n) is 6.24. The molecule has 0 aliphatic heterocycles. The Balaban J connectivity index is 1.89. The monoisotopic (exact) mass is 221 g/mol. The van der Waals surface area contributed by atoms with Crippen LogP contribution in [-0.4, -0.2) is 12.2 Å². The van der Waals surface area contributed by atoms with E-state index < -0.39 is 5.67 Å². The van der Waals surface area contributed by atoms with Crippen LogP contribution in [0, 0.1) is 0 Å². The van der Waals surface area contributed by atoms with Gasteiger partial charge in [-0.05, 0) is 37.0 Å². The summed E-state index contributed by atoms with van der Waals surface area (Å²) in [6.07, 6.45) is 4.55. The largest absolute Gasteiger partial charge is 0.382 e. The van der Waals surface area contributed by atoms with Crippen molar-refractivity contribution < 1.29 is 4.39 Å². The first-order chi connectivity index (χ1) is 7.72. The molecule has 0 amide bonds. The molecular formula is C14H20FN. The van der Waals surface area contributed by atoms with Crippen LogP contribution in [0.4, 0.5) is 10.1 Å². The summed E-state index contributed by atoms with van der Waals surface area (Å²) in [7, 11) is 0. The van der Waals surface area contributed by atoms with Crippen molar-refractivity contribution in [2.75, 3.05) is 11.9 Å². The molecule has 88 valence electrons. The van der Waals surface area contributed by atoms with E-state index in [-0.39, 0.29) is 0 Å². The minimum atomic E-state index is -0.969. The van der Waals surface area contributed by atoms with Crippen LogP contribution in [0.25, 0.3) is 0 Å². The van der Waals surface area contributed by atoms with Gasteiger partial charge < -0.3 is 5.32 Å². The number of hydrogen-bond donors (Lipinski definition) is 1. The lowest BCUT2D eigenvalue weighted by Crippen LogP contribution is -2.28. The molecule has 0 heterocycles. The molecule has 0 bridgehead atoms. The van der Waals surface area contributed by atoms with E-state index in [2.05, 4.69) is 24.4 Å². The summed E-state index contributed by atoms with van der Waals surface area (Å²) >= 11 is 0. The molecule has 16 heavy (non-hydrogen) atoms. The summed E-state index contributed by atoms with van der Waals surface area (Å²) in [4.78, 5) is 0. The van der Waals surface area contributed by atoms with Crippen LogP contribution in [0.15, 0.2) is 24.3 Å². The Morgan fingerprint density at radius 3 is 2.38 bits per heavy atom. The molecule has 1 aliphatic rings. The minimum absolute atomic E-state index is 0.457. The van der Waals surface area contributed by atoms with Crippen molar-refractivity contribution >= 4 is 5.69 Å². The zero-order valence-corrected chi connectivity index (χ0v) is 9.93. The van der Waals surface area contributed by atoms with Gasteiger partial charge in [0.05, 0.1) is 0 Å². The fraction of sp³-hybridized carbons (Fsp3) is 0.571. The molecular weight excluding hydrogens is 201 g/mol. The average molecular weight is 221 g/mol. The average Bonchev–Trinajstić information content (AvgIpc) is 2.75. The molecule has 1 nitrogen and oxygen atoms in total. The first-order valence-corrected chi connectivity index (χ1v) is 6.24. The van der Waals surface area contributed by atoms with Crippen LogP contribution in [0.3, 0.4) is 0 Å². The molecule has 2 heteroatoms. The predicted octanol–water partition coefficient (Wildman–Crippen LogP) is 3.94. The van der Waals surface area contributed by atoms with E-state index in [1.165, 1.54) is 5.56 Å².